The summed E-state index contributed by atoms with van der Waals surface area (Å²) in [6.07, 6.45) is 2.27. The first-order valence-corrected chi connectivity index (χ1v) is 6.18. The molecule has 1 aromatic carbocycles. The molecule has 98 valence electrons. The number of carbonyl (C=O) groups excluding carboxylic acids is 1. The predicted molar refractivity (Wildman–Crippen MR) is 64.4 cm³/mol. The summed E-state index contributed by atoms with van der Waals surface area (Å²) in [5.41, 5.74) is 0.296. The molecule has 0 radical (unpaired) electrons. The molecule has 0 bridgehead atoms. The van der Waals surface area contributed by atoms with Crippen LogP contribution < -0.4 is 10.2 Å². The number of hydrogen-bond acceptors (Lipinski definition) is 1. The summed E-state index contributed by atoms with van der Waals surface area (Å²) in [7, 11) is 0. The lowest BCUT2D eigenvalue weighted by atomic mass is 10.2. The van der Waals surface area contributed by atoms with E-state index in [4.69, 9.17) is 0 Å². The number of likely N-dealkylation sites (tertiary alicyclic amines) is 1. The van der Waals surface area contributed by atoms with Crippen molar-refractivity contribution >= 4 is 11.6 Å². The average Bonchev–Trinajstić information content (AvgIpc) is 2.86. The molecule has 0 spiro atoms. The lowest BCUT2D eigenvalue weighted by Gasteiger charge is -2.19. The fourth-order valence-electron chi connectivity index (χ4n) is 2.27. The highest BCUT2D eigenvalue weighted by Gasteiger charge is 2.27. The number of rotatable bonds is 3. The molecule has 1 aliphatic rings. The molecule has 0 unspecified atom stereocenters. The highest BCUT2D eigenvalue weighted by atomic mass is 19.2. The summed E-state index contributed by atoms with van der Waals surface area (Å²) in [5, 5.41) is 2.62. The zero-order valence-corrected chi connectivity index (χ0v) is 10.3. The van der Waals surface area contributed by atoms with Crippen molar-refractivity contribution < 1.29 is 18.5 Å². The van der Waals surface area contributed by atoms with Crippen molar-refractivity contribution in [2.75, 3.05) is 18.4 Å². The summed E-state index contributed by atoms with van der Waals surface area (Å²) in [6, 6.07) is 3.21. The molecule has 2 N–H and O–H groups in total. The Balaban J connectivity index is 1.99. The minimum absolute atomic E-state index is 0.155. The number of quaternary nitrogens is 1. The van der Waals surface area contributed by atoms with Crippen molar-refractivity contribution in [3.8, 4) is 0 Å². The molecule has 18 heavy (non-hydrogen) atoms. The van der Waals surface area contributed by atoms with Crippen molar-refractivity contribution in [2.24, 2.45) is 0 Å². The van der Waals surface area contributed by atoms with Crippen LogP contribution in [-0.2, 0) is 4.79 Å². The van der Waals surface area contributed by atoms with Crippen LogP contribution in [0.3, 0.4) is 0 Å². The Labute approximate surface area is 105 Å². The molecule has 1 aromatic rings. The molecule has 1 fully saturated rings. The molecule has 2 rings (SSSR count). The van der Waals surface area contributed by atoms with E-state index < -0.39 is 11.6 Å². The minimum atomic E-state index is -0.950. The largest absolute Gasteiger partial charge is 0.325 e. The molecule has 1 heterocycles. The Kier molecular flexibility index (Phi) is 3.91. The zero-order chi connectivity index (χ0) is 13.1. The van der Waals surface area contributed by atoms with Gasteiger partial charge < -0.3 is 10.2 Å². The first-order valence-electron chi connectivity index (χ1n) is 6.18. The molecular weight excluding hydrogens is 238 g/mol. The number of amides is 1. The monoisotopic (exact) mass is 255 g/mol. The summed E-state index contributed by atoms with van der Waals surface area (Å²) < 4.78 is 25.7. The van der Waals surface area contributed by atoms with Crippen LogP contribution in [0.1, 0.15) is 19.8 Å². The highest BCUT2D eigenvalue weighted by molar-refractivity contribution is 5.93. The maximum absolute atomic E-state index is 13.0. The van der Waals surface area contributed by atoms with Gasteiger partial charge in [-0.25, -0.2) is 8.78 Å². The molecular formula is C13H17F2N2O+. The van der Waals surface area contributed by atoms with Crippen LogP contribution in [0, 0.1) is 11.6 Å². The lowest BCUT2D eigenvalue weighted by molar-refractivity contribution is -0.901. The molecule has 1 atom stereocenters. The SMILES string of the molecule is C[C@@H](C(=O)Nc1ccc(F)c(F)c1)[NH+]1CCCC1. The number of benzene rings is 1. The van der Waals surface area contributed by atoms with Crippen LogP contribution in [0.4, 0.5) is 14.5 Å². The number of carbonyl (C=O) groups is 1. The van der Waals surface area contributed by atoms with Gasteiger partial charge in [0.1, 0.15) is 0 Å². The van der Waals surface area contributed by atoms with E-state index in [1.165, 1.54) is 11.0 Å². The summed E-state index contributed by atoms with van der Waals surface area (Å²) in [5.74, 6) is -2.02. The third-order valence-corrected chi connectivity index (χ3v) is 3.44. The van der Waals surface area contributed by atoms with E-state index in [0.717, 1.165) is 38.1 Å². The van der Waals surface area contributed by atoms with E-state index in [2.05, 4.69) is 5.32 Å². The molecule has 1 aliphatic heterocycles. The van der Waals surface area contributed by atoms with E-state index in [1.54, 1.807) is 0 Å². The van der Waals surface area contributed by atoms with Crippen molar-refractivity contribution in [3.05, 3.63) is 29.8 Å². The molecule has 0 aliphatic carbocycles. The molecule has 1 saturated heterocycles. The van der Waals surface area contributed by atoms with Crippen molar-refractivity contribution in [1.82, 2.24) is 0 Å². The number of halogens is 2. The van der Waals surface area contributed by atoms with Crippen molar-refractivity contribution in [3.63, 3.8) is 0 Å². The molecule has 0 aromatic heterocycles. The van der Waals surface area contributed by atoms with Crippen LogP contribution >= 0.6 is 0 Å². The third kappa shape index (κ3) is 2.85. The second-order valence-electron chi connectivity index (χ2n) is 4.71. The lowest BCUT2D eigenvalue weighted by Crippen LogP contribution is -3.14. The molecule has 1 amide bonds. The van der Waals surface area contributed by atoms with Gasteiger partial charge in [0.25, 0.3) is 5.91 Å². The maximum Gasteiger partial charge on any atom is 0.282 e. The minimum Gasteiger partial charge on any atom is -0.325 e. The zero-order valence-electron chi connectivity index (χ0n) is 10.3. The van der Waals surface area contributed by atoms with Gasteiger partial charge in [0.2, 0.25) is 0 Å². The smallest absolute Gasteiger partial charge is 0.282 e. The highest BCUT2D eigenvalue weighted by Crippen LogP contribution is 2.13. The standard InChI is InChI=1S/C13H16F2N2O/c1-9(17-6-2-3-7-17)13(18)16-10-4-5-11(14)12(15)8-10/h4-5,8-9H,2-3,6-7H2,1H3,(H,16,18)/p+1/t9-/m0/s1. The van der Waals surface area contributed by atoms with Crippen LogP contribution in [-0.4, -0.2) is 25.0 Å². The van der Waals surface area contributed by atoms with Gasteiger partial charge in [-0.05, 0) is 19.1 Å². The van der Waals surface area contributed by atoms with Gasteiger partial charge in [-0.3, -0.25) is 4.79 Å². The quantitative estimate of drug-likeness (QED) is 0.829. The normalized spacial score (nSPS) is 17.7. The van der Waals surface area contributed by atoms with Crippen LogP contribution in [0.15, 0.2) is 18.2 Å². The second kappa shape index (κ2) is 5.44. The maximum atomic E-state index is 13.0. The third-order valence-electron chi connectivity index (χ3n) is 3.44. The van der Waals surface area contributed by atoms with Gasteiger partial charge in [0.05, 0.1) is 13.1 Å². The summed E-state index contributed by atoms with van der Waals surface area (Å²) in [6.45, 7) is 3.84. The van der Waals surface area contributed by atoms with Gasteiger partial charge >= 0.3 is 0 Å². The van der Waals surface area contributed by atoms with E-state index in [1.807, 2.05) is 6.92 Å². The van der Waals surface area contributed by atoms with E-state index in [-0.39, 0.29) is 11.9 Å². The Morgan fingerprint density at radius 1 is 1.28 bits per heavy atom. The van der Waals surface area contributed by atoms with Crippen molar-refractivity contribution in [1.29, 1.82) is 0 Å². The van der Waals surface area contributed by atoms with Gasteiger partial charge in [-0.1, -0.05) is 0 Å². The van der Waals surface area contributed by atoms with Gasteiger partial charge in [-0.15, -0.1) is 0 Å². The average molecular weight is 255 g/mol. The first kappa shape index (κ1) is 13.0. The van der Waals surface area contributed by atoms with Crippen LogP contribution in [0.5, 0.6) is 0 Å². The van der Waals surface area contributed by atoms with Gasteiger partial charge in [0.15, 0.2) is 17.7 Å². The second-order valence-corrected chi connectivity index (χ2v) is 4.71. The van der Waals surface area contributed by atoms with Gasteiger partial charge in [-0.2, -0.15) is 0 Å². The fraction of sp³-hybridized carbons (Fsp3) is 0.462. The first-order chi connectivity index (χ1) is 8.58. The Hall–Kier alpha value is -1.49. The Morgan fingerprint density at radius 3 is 2.56 bits per heavy atom. The van der Waals surface area contributed by atoms with Crippen molar-refractivity contribution in [2.45, 2.75) is 25.8 Å². The number of anilines is 1. The van der Waals surface area contributed by atoms with Gasteiger partial charge in [0, 0.05) is 24.6 Å². The molecule has 3 nitrogen and oxygen atoms in total. The topological polar surface area (TPSA) is 33.5 Å². The fourth-order valence-corrected chi connectivity index (χ4v) is 2.27. The predicted octanol–water partition coefficient (Wildman–Crippen LogP) is 0.970. The van der Waals surface area contributed by atoms with E-state index >= 15 is 0 Å². The Bertz CT molecular complexity index is 445. The summed E-state index contributed by atoms with van der Waals surface area (Å²) in [4.78, 5) is 13.2. The van der Waals surface area contributed by atoms with E-state index in [9.17, 15) is 13.6 Å². The Morgan fingerprint density at radius 2 is 1.94 bits per heavy atom. The molecule has 0 saturated carbocycles. The van der Waals surface area contributed by atoms with E-state index in [0.29, 0.717) is 5.69 Å². The van der Waals surface area contributed by atoms with Crippen LogP contribution in [0.25, 0.3) is 0 Å². The number of nitrogens with one attached hydrogen (secondary N) is 2. The van der Waals surface area contributed by atoms with Crippen LogP contribution in [0.2, 0.25) is 0 Å². The summed E-state index contributed by atoms with van der Waals surface area (Å²) >= 11 is 0. The molecule has 5 heteroatoms. The number of hydrogen-bond donors (Lipinski definition) is 2.